The number of hydrogen-bond donors (Lipinski definition) is 0. The van der Waals surface area contributed by atoms with Crippen LogP contribution in [0.5, 0.6) is 0 Å². The first-order chi connectivity index (χ1) is 16.2. The molecule has 4 rings (SSSR count). The van der Waals surface area contributed by atoms with Crippen molar-refractivity contribution in [3.8, 4) is 11.1 Å². The molecule has 0 aliphatic carbocycles. The minimum atomic E-state index is 0. The molecule has 0 aromatic heterocycles. The number of allylic oxidation sites excluding steroid dienone is 2. The molecular formula is C29H35N5Pt. The third-order valence-electron chi connectivity index (χ3n) is 6.51. The smallest absolute Gasteiger partial charge is 0.512 e. The molecule has 35 heavy (non-hydrogen) atoms. The van der Waals surface area contributed by atoms with Gasteiger partial charge in [0.1, 0.15) is 0 Å². The van der Waals surface area contributed by atoms with Gasteiger partial charge in [-0.1, -0.05) is 45.9 Å². The van der Waals surface area contributed by atoms with E-state index < -0.39 is 0 Å². The maximum absolute atomic E-state index is 6.25. The van der Waals surface area contributed by atoms with Crippen LogP contribution < -0.4 is 9.80 Å². The van der Waals surface area contributed by atoms with Crippen molar-refractivity contribution in [2.75, 3.05) is 23.9 Å². The Hall–Kier alpha value is -2.70. The number of rotatable bonds is 5. The zero-order valence-corrected chi connectivity index (χ0v) is 24.2. The van der Waals surface area contributed by atoms with Crippen LogP contribution >= 0.6 is 0 Å². The molecule has 0 atom stereocenters. The van der Waals surface area contributed by atoms with Crippen LogP contribution in [0.3, 0.4) is 0 Å². The fourth-order valence-corrected chi connectivity index (χ4v) is 4.45. The van der Waals surface area contributed by atoms with Gasteiger partial charge in [-0.15, -0.1) is 35.1 Å². The van der Waals surface area contributed by atoms with E-state index >= 15 is 0 Å². The first-order valence-corrected chi connectivity index (χ1v) is 11.7. The zero-order chi connectivity index (χ0) is 25.2. The van der Waals surface area contributed by atoms with Crippen LogP contribution in [0.1, 0.15) is 64.5 Å². The minimum absolute atomic E-state index is 0. The molecule has 0 bridgehead atoms. The molecule has 2 aliphatic rings. The SMILES string of the molecule is CC1=C(C)N(c2[c-]c(N3C=CN(C)[CH-]3)cc(-c3c(C(C)C)cccc3C(C)C)c2)[CH-]N1C.[C-]#N.[Pt+4]. The Bertz CT molecular complexity index is 1090. The van der Waals surface area contributed by atoms with E-state index in [2.05, 4.69) is 130 Å². The first kappa shape index (κ1) is 28.5. The molecule has 2 aromatic carbocycles. The van der Waals surface area contributed by atoms with E-state index in [4.69, 9.17) is 11.8 Å². The average Bonchev–Trinajstić information content (AvgIpc) is 3.38. The van der Waals surface area contributed by atoms with Crippen molar-refractivity contribution in [3.63, 3.8) is 0 Å². The topological polar surface area (TPSA) is 36.8 Å². The molecule has 0 unspecified atom stereocenters. The molecule has 0 saturated carbocycles. The largest absolute Gasteiger partial charge is 4.00 e. The van der Waals surface area contributed by atoms with Crippen molar-refractivity contribution in [3.05, 3.63) is 91.2 Å². The first-order valence-electron chi connectivity index (χ1n) is 11.7. The third kappa shape index (κ3) is 5.76. The van der Waals surface area contributed by atoms with Gasteiger partial charge in [0.05, 0.1) is 0 Å². The van der Waals surface area contributed by atoms with Gasteiger partial charge in [-0.25, -0.2) is 0 Å². The Morgan fingerprint density at radius 1 is 0.857 bits per heavy atom. The molecule has 186 valence electrons. The van der Waals surface area contributed by atoms with Crippen molar-refractivity contribution in [1.29, 1.82) is 5.26 Å². The molecule has 0 saturated heterocycles. The Labute approximate surface area is 226 Å². The third-order valence-corrected chi connectivity index (χ3v) is 6.51. The van der Waals surface area contributed by atoms with Crippen LogP contribution in [-0.4, -0.2) is 23.9 Å². The van der Waals surface area contributed by atoms with Crippen LogP contribution in [0, 0.1) is 31.2 Å². The van der Waals surface area contributed by atoms with Gasteiger partial charge in [-0.2, -0.15) is 13.3 Å². The standard InChI is InChI=1S/C28H35N4.CN.Pt/c1-19(2)26-10-9-11-27(20(3)4)28(26)23-14-24(31-13-12-29(7)17-31)16-25(15-23)32-18-30(8)21(5)22(32)6;1-2;/h9-15,17-20H,1-8H3;;/q-3;-1;+4. The monoisotopic (exact) mass is 648 g/mol. The van der Waals surface area contributed by atoms with Gasteiger partial charge in [0, 0.05) is 5.70 Å². The molecule has 0 fully saturated rings. The summed E-state index contributed by atoms with van der Waals surface area (Å²) in [6.07, 6.45) is 4.15. The van der Waals surface area contributed by atoms with Gasteiger partial charge in [0.25, 0.3) is 0 Å². The van der Waals surface area contributed by atoms with Gasteiger partial charge in [0.15, 0.2) is 0 Å². The van der Waals surface area contributed by atoms with Gasteiger partial charge in [0.2, 0.25) is 0 Å². The van der Waals surface area contributed by atoms with E-state index in [9.17, 15) is 0 Å². The van der Waals surface area contributed by atoms with Crippen molar-refractivity contribution >= 4 is 11.4 Å². The number of benzene rings is 2. The van der Waals surface area contributed by atoms with Gasteiger partial charge in [-0.05, 0) is 74.6 Å². The minimum Gasteiger partial charge on any atom is -0.512 e. The maximum Gasteiger partial charge on any atom is 4.00 e. The van der Waals surface area contributed by atoms with Crippen molar-refractivity contribution in [1.82, 2.24) is 9.80 Å². The van der Waals surface area contributed by atoms with E-state index in [1.54, 1.807) is 0 Å². The summed E-state index contributed by atoms with van der Waals surface area (Å²) in [5, 5.41) is 6.25. The normalized spacial score (nSPS) is 15.2. The van der Waals surface area contributed by atoms with Crippen LogP contribution in [0.25, 0.3) is 11.1 Å². The molecule has 0 N–H and O–H groups in total. The van der Waals surface area contributed by atoms with Crippen LogP contribution in [-0.2, 0) is 21.1 Å². The number of nitrogens with zero attached hydrogens (tertiary/aromatic N) is 5. The second-order valence-corrected chi connectivity index (χ2v) is 9.51. The van der Waals surface area contributed by atoms with Crippen molar-refractivity contribution in [2.24, 2.45) is 0 Å². The Morgan fingerprint density at radius 2 is 1.43 bits per heavy atom. The maximum atomic E-state index is 6.25. The average molecular weight is 649 g/mol. The summed E-state index contributed by atoms with van der Waals surface area (Å²) in [6, 6.07) is 15.0. The second-order valence-electron chi connectivity index (χ2n) is 9.51. The van der Waals surface area contributed by atoms with Gasteiger partial charge in [-0.3, -0.25) is 0 Å². The molecular weight excluding hydrogens is 613 g/mol. The summed E-state index contributed by atoms with van der Waals surface area (Å²) in [7, 11) is 4.14. The summed E-state index contributed by atoms with van der Waals surface area (Å²) < 4.78 is 0. The van der Waals surface area contributed by atoms with Gasteiger partial charge < -0.3 is 31.4 Å². The summed E-state index contributed by atoms with van der Waals surface area (Å²) >= 11 is 0. The molecule has 0 radical (unpaired) electrons. The van der Waals surface area contributed by atoms with Crippen molar-refractivity contribution < 1.29 is 21.1 Å². The molecule has 0 amide bonds. The molecule has 5 nitrogen and oxygen atoms in total. The summed E-state index contributed by atoms with van der Waals surface area (Å²) in [6.45, 7) is 22.5. The molecule has 0 spiro atoms. The summed E-state index contributed by atoms with van der Waals surface area (Å²) in [4.78, 5) is 8.63. The Balaban J connectivity index is 0.00000140. The summed E-state index contributed by atoms with van der Waals surface area (Å²) in [5.41, 5.74) is 9.96. The van der Waals surface area contributed by atoms with E-state index in [-0.39, 0.29) is 21.1 Å². The Kier molecular flexibility index (Phi) is 9.64. The van der Waals surface area contributed by atoms with Crippen molar-refractivity contribution in [2.45, 2.75) is 53.4 Å². The molecule has 2 aliphatic heterocycles. The molecule has 2 aromatic rings. The molecule has 6 heteroatoms. The van der Waals surface area contributed by atoms with E-state index in [1.807, 2.05) is 7.05 Å². The van der Waals surface area contributed by atoms with E-state index in [0.29, 0.717) is 11.8 Å². The zero-order valence-electron chi connectivity index (χ0n) is 21.9. The molecule has 2 heterocycles. The van der Waals surface area contributed by atoms with Gasteiger partial charge >= 0.3 is 21.1 Å². The van der Waals surface area contributed by atoms with E-state index in [0.717, 1.165) is 11.4 Å². The fourth-order valence-electron chi connectivity index (χ4n) is 4.45. The predicted molar refractivity (Wildman–Crippen MR) is 140 cm³/mol. The van der Waals surface area contributed by atoms with Crippen LogP contribution in [0.4, 0.5) is 11.4 Å². The van der Waals surface area contributed by atoms with Crippen LogP contribution in [0.2, 0.25) is 0 Å². The fraction of sp³-hybridized carbons (Fsp3) is 0.345. The number of anilines is 2. The number of hydrogen-bond acceptors (Lipinski definition) is 5. The predicted octanol–water partition coefficient (Wildman–Crippen LogP) is 6.96. The summed E-state index contributed by atoms with van der Waals surface area (Å²) in [5.74, 6) is 0.884. The quantitative estimate of drug-likeness (QED) is 0.328. The Morgan fingerprint density at radius 3 is 1.89 bits per heavy atom. The van der Waals surface area contributed by atoms with E-state index in [1.165, 1.54) is 33.6 Å². The second kappa shape index (κ2) is 11.8. The van der Waals surface area contributed by atoms with Crippen LogP contribution in [0.15, 0.2) is 54.1 Å².